The summed E-state index contributed by atoms with van der Waals surface area (Å²) in [7, 11) is 0. The van der Waals surface area contributed by atoms with Crippen molar-refractivity contribution in [2.45, 2.75) is 6.54 Å². The average Bonchev–Trinajstić information content (AvgIpc) is 3.16. The normalized spacial score (nSPS) is 11.2. The molecule has 0 radical (unpaired) electrons. The van der Waals surface area contributed by atoms with Crippen LogP contribution in [0.1, 0.15) is 15.6 Å². The number of pyridine rings is 1. The van der Waals surface area contributed by atoms with E-state index in [4.69, 9.17) is 11.6 Å². The van der Waals surface area contributed by atoms with Gasteiger partial charge in [0.2, 0.25) is 0 Å². The van der Waals surface area contributed by atoms with Crippen molar-refractivity contribution in [1.29, 1.82) is 0 Å². The van der Waals surface area contributed by atoms with Crippen LogP contribution in [0.3, 0.4) is 0 Å². The van der Waals surface area contributed by atoms with Crippen LogP contribution in [-0.2, 0) is 6.54 Å². The van der Waals surface area contributed by atoms with Crippen molar-refractivity contribution in [2.24, 2.45) is 0 Å². The number of thiazole rings is 1. The van der Waals surface area contributed by atoms with Crippen LogP contribution in [-0.4, -0.2) is 25.8 Å². The Labute approximate surface area is 143 Å². The van der Waals surface area contributed by atoms with Crippen LogP contribution in [0.15, 0.2) is 30.6 Å². The van der Waals surface area contributed by atoms with Gasteiger partial charge in [0.15, 0.2) is 5.01 Å². The van der Waals surface area contributed by atoms with Crippen LogP contribution in [0, 0.1) is 5.82 Å². The van der Waals surface area contributed by atoms with Crippen LogP contribution >= 0.6 is 22.9 Å². The maximum atomic E-state index is 13.4. The molecule has 0 saturated carbocycles. The second-order valence-electron chi connectivity index (χ2n) is 5.01. The van der Waals surface area contributed by atoms with Crippen LogP contribution < -0.4 is 5.32 Å². The van der Waals surface area contributed by atoms with Crippen LogP contribution in [0.25, 0.3) is 21.3 Å². The monoisotopic (exact) mass is 361 g/mol. The summed E-state index contributed by atoms with van der Waals surface area (Å²) < 4.78 is 14.3. The number of nitrogens with zero attached hydrogens (tertiary/aromatic N) is 3. The highest BCUT2D eigenvalue weighted by atomic mass is 35.5. The van der Waals surface area contributed by atoms with E-state index in [1.54, 1.807) is 18.5 Å². The molecule has 4 rings (SSSR count). The Morgan fingerprint density at radius 3 is 3.04 bits per heavy atom. The number of hydrogen-bond acceptors (Lipinski definition) is 5. The van der Waals surface area contributed by atoms with Gasteiger partial charge >= 0.3 is 0 Å². The summed E-state index contributed by atoms with van der Waals surface area (Å²) in [5.41, 5.74) is 1.74. The highest BCUT2D eigenvalue weighted by molar-refractivity contribution is 7.20. The third kappa shape index (κ3) is 2.70. The Morgan fingerprint density at radius 2 is 2.21 bits per heavy atom. The van der Waals surface area contributed by atoms with Crippen molar-refractivity contribution in [3.8, 4) is 0 Å². The Kier molecular flexibility index (Phi) is 3.62. The Hall–Kier alpha value is -2.58. The molecule has 0 spiro atoms. The number of benzene rings is 1. The molecule has 1 amide bonds. The number of rotatable bonds is 3. The Bertz CT molecular complexity index is 1000. The lowest BCUT2D eigenvalue weighted by atomic mass is 10.3. The second-order valence-corrected chi connectivity index (χ2v) is 6.45. The molecule has 0 unspecified atom stereocenters. The number of aromatic amines is 1. The van der Waals surface area contributed by atoms with Crippen LogP contribution in [0.5, 0.6) is 0 Å². The highest BCUT2D eigenvalue weighted by Gasteiger charge is 2.13. The zero-order valence-corrected chi connectivity index (χ0v) is 13.6. The van der Waals surface area contributed by atoms with Crippen LogP contribution in [0.4, 0.5) is 4.39 Å². The van der Waals surface area contributed by atoms with E-state index in [0.29, 0.717) is 27.4 Å². The third-order valence-corrected chi connectivity index (χ3v) is 4.70. The SMILES string of the molecule is O=C(NCc1nc2cc(Cl)c(F)cc2[nH]1)c1nc2cnccc2s1. The smallest absolute Gasteiger partial charge is 0.280 e. The average molecular weight is 362 g/mol. The molecule has 9 heteroatoms. The van der Waals surface area contributed by atoms with Gasteiger partial charge in [0.05, 0.1) is 33.5 Å². The fraction of sp³-hybridized carbons (Fsp3) is 0.0667. The first-order valence-electron chi connectivity index (χ1n) is 6.92. The summed E-state index contributed by atoms with van der Waals surface area (Å²) in [6.45, 7) is 0.168. The van der Waals surface area contributed by atoms with Gasteiger partial charge in [-0.25, -0.2) is 14.4 Å². The summed E-state index contributed by atoms with van der Waals surface area (Å²) in [5, 5.41) is 3.09. The van der Waals surface area contributed by atoms with Gasteiger partial charge in [-0.15, -0.1) is 11.3 Å². The molecule has 24 heavy (non-hydrogen) atoms. The number of carbonyl (C=O) groups is 1. The topological polar surface area (TPSA) is 83.6 Å². The molecule has 6 nitrogen and oxygen atoms in total. The first-order chi connectivity index (χ1) is 11.6. The molecule has 2 N–H and O–H groups in total. The summed E-state index contributed by atoms with van der Waals surface area (Å²) in [4.78, 5) is 27.6. The number of aromatic nitrogens is 4. The van der Waals surface area contributed by atoms with E-state index in [1.807, 2.05) is 0 Å². The van der Waals surface area contributed by atoms with Crippen molar-refractivity contribution < 1.29 is 9.18 Å². The lowest BCUT2D eigenvalue weighted by molar-refractivity contribution is 0.0950. The number of amides is 1. The molecule has 0 bridgehead atoms. The summed E-state index contributed by atoms with van der Waals surface area (Å²) in [6.07, 6.45) is 3.26. The Balaban J connectivity index is 1.52. The van der Waals surface area contributed by atoms with Gasteiger partial charge in [-0.3, -0.25) is 9.78 Å². The molecule has 0 aliphatic carbocycles. The third-order valence-electron chi connectivity index (χ3n) is 3.37. The number of nitrogens with one attached hydrogen (secondary N) is 2. The van der Waals surface area contributed by atoms with E-state index >= 15 is 0 Å². The minimum atomic E-state index is -0.522. The molecular weight excluding hydrogens is 353 g/mol. The summed E-state index contributed by atoms with van der Waals surface area (Å²) in [5.74, 6) is -0.324. The fourth-order valence-corrected chi connectivity index (χ4v) is 3.27. The maximum Gasteiger partial charge on any atom is 0.280 e. The predicted molar refractivity (Wildman–Crippen MR) is 89.6 cm³/mol. The number of halogens is 2. The van der Waals surface area contributed by atoms with E-state index in [9.17, 15) is 9.18 Å². The molecule has 3 heterocycles. The Morgan fingerprint density at radius 1 is 1.33 bits per heavy atom. The number of carbonyl (C=O) groups excluding carboxylic acids is 1. The molecule has 0 atom stereocenters. The molecular formula is C15H9ClFN5OS. The number of fused-ring (bicyclic) bond motifs is 2. The lowest BCUT2D eigenvalue weighted by Gasteiger charge is -1.99. The van der Waals surface area contributed by atoms with Crippen molar-refractivity contribution in [1.82, 2.24) is 25.3 Å². The van der Waals surface area contributed by atoms with Gasteiger partial charge in [0.1, 0.15) is 17.2 Å². The van der Waals surface area contributed by atoms with E-state index in [2.05, 4.69) is 25.3 Å². The molecule has 4 aromatic rings. The first kappa shape index (κ1) is 15.0. The minimum Gasteiger partial charge on any atom is -0.343 e. The minimum absolute atomic E-state index is 0.00710. The standard InChI is InChI=1S/C15H9ClFN5OS/c16-7-3-9-10(4-8(7)17)21-13(20-9)6-19-14(23)15-22-11-5-18-2-1-12(11)24-15/h1-5H,6H2,(H,19,23)(H,20,21). The quantitative estimate of drug-likeness (QED) is 0.586. The molecule has 0 aliphatic heterocycles. The highest BCUT2D eigenvalue weighted by Crippen LogP contribution is 2.22. The van der Waals surface area contributed by atoms with Crippen molar-refractivity contribution >= 4 is 50.1 Å². The van der Waals surface area contributed by atoms with Gasteiger partial charge in [-0.1, -0.05) is 11.6 Å². The van der Waals surface area contributed by atoms with E-state index in [1.165, 1.54) is 23.5 Å². The van der Waals surface area contributed by atoms with Crippen molar-refractivity contribution in [2.75, 3.05) is 0 Å². The van der Waals surface area contributed by atoms with Crippen molar-refractivity contribution in [3.63, 3.8) is 0 Å². The summed E-state index contributed by atoms with van der Waals surface area (Å²) >= 11 is 7.02. The molecule has 120 valence electrons. The van der Waals surface area contributed by atoms with Crippen molar-refractivity contribution in [3.05, 3.63) is 52.3 Å². The molecule has 0 aliphatic rings. The molecule has 1 aromatic carbocycles. The predicted octanol–water partition coefficient (Wildman–Crippen LogP) is 3.29. The molecule has 3 aromatic heterocycles. The number of H-pyrrole nitrogens is 1. The van der Waals surface area contributed by atoms with Crippen LogP contribution in [0.2, 0.25) is 5.02 Å². The van der Waals surface area contributed by atoms with E-state index < -0.39 is 5.82 Å². The maximum absolute atomic E-state index is 13.4. The zero-order valence-electron chi connectivity index (χ0n) is 12.0. The first-order valence-corrected chi connectivity index (χ1v) is 8.12. The van der Waals surface area contributed by atoms with E-state index in [-0.39, 0.29) is 17.5 Å². The molecule has 0 fully saturated rings. The number of hydrogen-bond donors (Lipinski definition) is 2. The summed E-state index contributed by atoms with van der Waals surface area (Å²) in [6, 6.07) is 4.52. The van der Waals surface area contributed by atoms with Gasteiger partial charge in [0, 0.05) is 12.3 Å². The van der Waals surface area contributed by atoms with Gasteiger partial charge in [0.25, 0.3) is 5.91 Å². The van der Waals surface area contributed by atoms with E-state index in [0.717, 1.165) is 4.70 Å². The van der Waals surface area contributed by atoms with Gasteiger partial charge in [-0.2, -0.15) is 0 Å². The fourth-order valence-electron chi connectivity index (χ4n) is 2.26. The largest absolute Gasteiger partial charge is 0.343 e. The second kappa shape index (κ2) is 5.81. The molecule has 0 saturated heterocycles. The van der Waals surface area contributed by atoms with Gasteiger partial charge in [-0.05, 0) is 12.1 Å². The lowest BCUT2D eigenvalue weighted by Crippen LogP contribution is -2.23. The zero-order chi connectivity index (χ0) is 16.7. The number of imidazole rings is 1. The van der Waals surface area contributed by atoms with Gasteiger partial charge < -0.3 is 10.3 Å².